The maximum Gasteiger partial charge on any atom is 0.276 e. The summed E-state index contributed by atoms with van der Waals surface area (Å²) in [6.45, 7) is 7.73. The smallest absolute Gasteiger partial charge is 0.200 e. The SMILES string of the molecule is Cc1ccc(S(=O)(=O)N/N=C/C(C)(C)C)cc1. The van der Waals surface area contributed by atoms with Crippen LogP contribution in [0, 0.1) is 12.3 Å². The van der Waals surface area contributed by atoms with Crippen LogP contribution >= 0.6 is 0 Å². The lowest BCUT2D eigenvalue weighted by atomic mass is 9.99. The monoisotopic (exact) mass is 254 g/mol. The van der Waals surface area contributed by atoms with Crippen molar-refractivity contribution >= 4 is 16.2 Å². The first-order valence-electron chi connectivity index (χ1n) is 5.33. The Morgan fingerprint density at radius 1 is 1.18 bits per heavy atom. The molecule has 0 bridgehead atoms. The number of hydrazone groups is 1. The van der Waals surface area contributed by atoms with Gasteiger partial charge in [0.2, 0.25) is 0 Å². The van der Waals surface area contributed by atoms with Gasteiger partial charge in [-0.2, -0.15) is 13.5 Å². The van der Waals surface area contributed by atoms with Gasteiger partial charge in [0.15, 0.2) is 0 Å². The van der Waals surface area contributed by atoms with Crippen molar-refractivity contribution in [3.8, 4) is 0 Å². The van der Waals surface area contributed by atoms with E-state index in [0.29, 0.717) is 0 Å². The van der Waals surface area contributed by atoms with E-state index in [4.69, 9.17) is 0 Å². The van der Waals surface area contributed by atoms with Gasteiger partial charge >= 0.3 is 0 Å². The molecule has 0 heterocycles. The minimum Gasteiger partial charge on any atom is -0.200 e. The van der Waals surface area contributed by atoms with Crippen molar-refractivity contribution in [1.82, 2.24) is 4.83 Å². The summed E-state index contributed by atoms with van der Waals surface area (Å²) in [6, 6.07) is 6.62. The Morgan fingerprint density at radius 2 is 1.71 bits per heavy atom. The minimum absolute atomic E-state index is 0.157. The number of hydrogen-bond donors (Lipinski definition) is 1. The number of sulfonamides is 1. The molecule has 0 saturated carbocycles. The Balaban J connectivity index is 2.83. The van der Waals surface area contributed by atoms with Gasteiger partial charge in [-0.05, 0) is 24.5 Å². The largest absolute Gasteiger partial charge is 0.276 e. The van der Waals surface area contributed by atoms with Crippen molar-refractivity contribution in [2.75, 3.05) is 0 Å². The van der Waals surface area contributed by atoms with E-state index in [1.54, 1.807) is 30.5 Å². The van der Waals surface area contributed by atoms with Crippen LogP contribution in [0.3, 0.4) is 0 Å². The summed E-state index contributed by atoms with van der Waals surface area (Å²) in [6.07, 6.45) is 1.57. The molecular weight excluding hydrogens is 236 g/mol. The van der Waals surface area contributed by atoms with E-state index < -0.39 is 10.0 Å². The van der Waals surface area contributed by atoms with Gasteiger partial charge < -0.3 is 0 Å². The predicted octanol–water partition coefficient (Wildman–Crippen LogP) is 2.31. The second kappa shape index (κ2) is 4.87. The lowest BCUT2D eigenvalue weighted by molar-refractivity contribution is 0.579. The molecule has 0 fully saturated rings. The molecule has 0 amide bonds. The van der Waals surface area contributed by atoms with Crippen LogP contribution in [0.15, 0.2) is 34.3 Å². The molecular formula is C12H18N2O2S. The molecule has 94 valence electrons. The van der Waals surface area contributed by atoms with Gasteiger partial charge in [0.1, 0.15) is 0 Å². The Kier molecular flexibility index (Phi) is 3.93. The van der Waals surface area contributed by atoms with E-state index in [1.165, 1.54) is 0 Å². The number of benzene rings is 1. The van der Waals surface area contributed by atoms with Gasteiger partial charge in [-0.25, -0.2) is 4.83 Å². The molecule has 1 aromatic rings. The maximum absolute atomic E-state index is 11.8. The van der Waals surface area contributed by atoms with Gasteiger partial charge in [0, 0.05) is 6.21 Å². The zero-order chi connectivity index (χ0) is 13.1. The standard InChI is InChI=1S/C12H18N2O2S/c1-10-5-7-11(8-6-10)17(15,16)14-13-9-12(2,3)4/h5-9,14H,1-4H3/b13-9+. The lowest BCUT2D eigenvalue weighted by Gasteiger charge is -2.10. The maximum atomic E-state index is 11.8. The third kappa shape index (κ3) is 4.56. The lowest BCUT2D eigenvalue weighted by Crippen LogP contribution is -2.20. The Morgan fingerprint density at radius 3 is 2.18 bits per heavy atom. The van der Waals surface area contributed by atoms with Gasteiger partial charge in [0.25, 0.3) is 10.0 Å². The van der Waals surface area contributed by atoms with E-state index in [2.05, 4.69) is 9.93 Å². The van der Waals surface area contributed by atoms with Crippen LogP contribution < -0.4 is 4.83 Å². The molecule has 0 radical (unpaired) electrons. The molecule has 0 spiro atoms. The summed E-state index contributed by atoms with van der Waals surface area (Å²) in [5.74, 6) is 0. The molecule has 0 saturated heterocycles. The summed E-state index contributed by atoms with van der Waals surface area (Å²) < 4.78 is 23.6. The third-order valence-electron chi connectivity index (χ3n) is 1.96. The fraction of sp³-hybridized carbons (Fsp3) is 0.417. The second-order valence-electron chi connectivity index (χ2n) is 5.03. The molecule has 17 heavy (non-hydrogen) atoms. The number of aryl methyl sites for hydroxylation is 1. The summed E-state index contributed by atoms with van der Waals surface area (Å²) in [4.78, 5) is 2.41. The molecule has 0 aliphatic rings. The van der Waals surface area contributed by atoms with E-state index >= 15 is 0 Å². The number of hydrogen-bond acceptors (Lipinski definition) is 3. The van der Waals surface area contributed by atoms with Gasteiger partial charge in [0.05, 0.1) is 4.90 Å². The van der Waals surface area contributed by atoms with Crippen LogP contribution in [0.25, 0.3) is 0 Å². The van der Waals surface area contributed by atoms with Crippen molar-refractivity contribution in [3.05, 3.63) is 29.8 Å². The Labute approximate surface area is 103 Å². The van der Waals surface area contributed by atoms with Crippen molar-refractivity contribution in [2.24, 2.45) is 10.5 Å². The first-order chi connectivity index (χ1) is 7.71. The fourth-order valence-corrected chi connectivity index (χ4v) is 1.85. The van der Waals surface area contributed by atoms with Crippen molar-refractivity contribution in [2.45, 2.75) is 32.6 Å². The highest BCUT2D eigenvalue weighted by Crippen LogP contribution is 2.11. The summed E-state index contributed by atoms with van der Waals surface area (Å²) >= 11 is 0. The van der Waals surface area contributed by atoms with Gasteiger partial charge in [-0.3, -0.25) is 0 Å². The van der Waals surface area contributed by atoms with Crippen molar-refractivity contribution in [3.63, 3.8) is 0 Å². The van der Waals surface area contributed by atoms with Crippen molar-refractivity contribution < 1.29 is 8.42 Å². The Hall–Kier alpha value is -1.36. The third-order valence-corrected chi connectivity index (χ3v) is 3.19. The molecule has 0 aliphatic carbocycles. The molecule has 0 aromatic heterocycles. The molecule has 1 N–H and O–H groups in total. The Bertz CT molecular complexity index is 496. The molecule has 0 aliphatic heterocycles. The van der Waals surface area contributed by atoms with E-state index in [1.807, 2.05) is 27.7 Å². The molecule has 5 heteroatoms. The molecule has 0 unspecified atom stereocenters. The minimum atomic E-state index is -3.55. The zero-order valence-electron chi connectivity index (χ0n) is 10.6. The predicted molar refractivity (Wildman–Crippen MR) is 69.4 cm³/mol. The van der Waals surface area contributed by atoms with Crippen molar-refractivity contribution in [1.29, 1.82) is 0 Å². The summed E-state index contributed by atoms with van der Waals surface area (Å²) in [7, 11) is -3.55. The quantitative estimate of drug-likeness (QED) is 0.664. The normalized spacial score (nSPS) is 12.9. The number of nitrogens with one attached hydrogen (secondary N) is 1. The summed E-state index contributed by atoms with van der Waals surface area (Å²) in [5, 5.41) is 3.75. The van der Waals surface area contributed by atoms with E-state index in [9.17, 15) is 8.42 Å². The van der Waals surface area contributed by atoms with Crippen LogP contribution in [0.4, 0.5) is 0 Å². The number of rotatable bonds is 3. The van der Waals surface area contributed by atoms with Crippen LogP contribution in [0.1, 0.15) is 26.3 Å². The average Bonchev–Trinajstić information content (AvgIpc) is 2.15. The highest BCUT2D eigenvalue weighted by Gasteiger charge is 2.12. The van der Waals surface area contributed by atoms with Crippen LogP contribution in [0.5, 0.6) is 0 Å². The topological polar surface area (TPSA) is 58.5 Å². The summed E-state index contributed by atoms with van der Waals surface area (Å²) in [5.41, 5.74) is 0.859. The van der Waals surface area contributed by atoms with E-state index in [-0.39, 0.29) is 10.3 Å². The average molecular weight is 254 g/mol. The zero-order valence-corrected chi connectivity index (χ0v) is 11.4. The second-order valence-corrected chi connectivity index (χ2v) is 6.69. The molecule has 0 atom stereocenters. The first kappa shape index (κ1) is 13.7. The number of nitrogens with zero attached hydrogens (tertiary/aromatic N) is 1. The highest BCUT2D eigenvalue weighted by atomic mass is 32.2. The molecule has 1 rings (SSSR count). The van der Waals surface area contributed by atoms with Gasteiger partial charge in [-0.15, -0.1) is 0 Å². The van der Waals surface area contributed by atoms with Gasteiger partial charge in [-0.1, -0.05) is 38.5 Å². The van der Waals surface area contributed by atoms with Crippen LogP contribution in [-0.4, -0.2) is 14.6 Å². The highest BCUT2D eigenvalue weighted by molar-refractivity contribution is 7.89. The van der Waals surface area contributed by atoms with Crippen LogP contribution in [0.2, 0.25) is 0 Å². The van der Waals surface area contributed by atoms with E-state index in [0.717, 1.165) is 5.56 Å². The molecule has 4 nitrogen and oxygen atoms in total. The van der Waals surface area contributed by atoms with Crippen LogP contribution in [-0.2, 0) is 10.0 Å². The first-order valence-corrected chi connectivity index (χ1v) is 6.82. The molecule has 1 aromatic carbocycles. The fourth-order valence-electron chi connectivity index (χ4n) is 1.06.